The van der Waals surface area contributed by atoms with E-state index in [-0.39, 0.29) is 27.7 Å². The lowest BCUT2D eigenvalue weighted by atomic mass is 10.2. The summed E-state index contributed by atoms with van der Waals surface area (Å²) in [6, 6.07) is 3.86. The molecule has 0 N–H and O–H groups in total. The summed E-state index contributed by atoms with van der Waals surface area (Å²) in [4.78, 5) is 8.37. The number of imidazole rings is 1. The maximum atomic E-state index is 13.1. The van der Waals surface area contributed by atoms with E-state index >= 15 is 0 Å². The van der Waals surface area contributed by atoms with E-state index < -0.39 is 21.6 Å². The Hall–Kier alpha value is -2.49. The van der Waals surface area contributed by atoms with Gasteiger partial charge in [0.05, 0.1) is 30.3 Å². The zero-order chi connectivity index (χ0) is 19.3. The predicted molar refractivity (Wildman–Crippen MR) is 87.8 cm³/mol. The summed E-state index contributed by atoms with van der Waals surface area (Å²) in [5.74, 6) is 0.0595. The van der Waals surface area contributed by atoms with Gasteiger partial charge in [-0.05, 0) is 18.2 Å². The maximum Gasteiger partial charge on any atom is 0.419 e. The second-order valence-corrected chi connectivity index (χ2v) is 8.04. The molecule has 0 aliphatic heterocycles. The fourth-order valence-electron chi connectivity index (χ4n) is 2.81. The van der Waals surface area contributed by atoms with Crippen LogP contribution in [0, 0.1) is 0 Å². The molecule has 0 radical (unpaired) electrons. The van der Waals surface area contributed by atoms with Gasteiger partial charge < -0.3 is 0 Å². The summed E-state index contributed by atoms with van der Waals surface area (Å²) in [5, 5.41) is 0. The van der Waals surface area contributed by atoms with Crippen molar-refractivity contribution >= 4 is 21.0 Å². The highest BCUT2D eigenvalue weighted by molar-refractivity contribution is 7.91. The van der Waals surface area contributed by atoms with Gasteiger partial charge in [0.2, 0.25) is 5.82 Å². The maximum absolute atomic E-state index is 13.1. The fourth-order valence-corrected chi connectivity index (χ4v) is 3.85. The minimum atomic E-state index is -4.51. The topological polar surface area (TPSA) is 68.7 Å². The van der Waals surface area contributed by atoms with Crippen molar-refractivity contribution in [3.8, 4) is 11.5 Å². The number of alkyl halides is 3. The monoisotopic (exact) mass is 385 g/mol. The average Bonchev–Trinajstić information content (AvgIpc) is 2.91. The van der Waals surface area contributed by atoms with Crippen molar-refractivity contribution in [1.29, 1.82) is 0 Å². The summed E-state index contributed by atoms with van der Waals surface area (Å²) in [6.45, 7) is 1.51. The number of fused-ring (bicyclic) bond motifs is 1. The smallest absolute Gasteiger partial charge is 0.249 e. The van der Waals surface area contributed by atoms with Crippen LogP contribution < -0.4 is 4.57 Å². The summed E-state index contributed by atoms with van der Waals surface area (Å²) in [5.41, 5.74) is -0.204. The van der Waals surface area contributed by atoms with Gasteiger partial charge in [0, 0.05) is 6.20 Å². The molecule has 0 bridgehead atoms. The molecule has 0 saturated carbocycles. The van der Waals surface area contributed by atoms with Gasteiger partial charge in [-0.15, -0.1) is 0 Å². The molecule has 0 atom stereocenters. The van der Waals surface area contributed by atoms with Crippen LogP contribution in [0.4, 0.5) is 13.2 Å². The largest absolute Gasteiger partial charge is 0.419 e. The summed E-state index contributed by atoms with van der Waals surface area (Å²) in [6.07, 6.45) is -2.12. The Morgan fingerprint density at radius 1 is 1.31 bits per heavy atom. The van der Waals surface area contributed by atoms with Crippen LogP contribution in [0.3, 0.4) is 0 Å². The van der Waals surface area contributed by atoms with Crippen LogP contribution in [-0.4, -0.2) is 28.7 Å². The van der Waals surface area contributed by atoms with Gasteiger partial charge >= 0.3 is 11.8 Å². The molecule has 3 heterocycles. The third-order valence-corrected chi connectivity index (χ3v) is 5.83. The Labute approximate surface area is 147 Å². The number of aryl methyl sites for hydroxylation is 2. The summed E-state index contributed by atoms with van der Waals surface area (Å²) in [7, 11) is -0.492. The van der Waals surface area contributed by atoms with Gasteiger partial charge in [-0.25, -0.2) is 22.5 Å². The highest BCUT2D eigenvalue weighted by atomic mass is 32.2. The Balaban J connectivity index is 2.33. The third-order valence-electron chi connectivity index (χ3n) is 4.07. The number of hydrogen-bond donors (Lipinski definition) is 0. The van der Waals surface area contributed by atoms with Crippen LogP contribution >= 0.6 is 0 Å². The van der Waals surface area contributed by atoms with Crippen LogP contribution in [0.15, 0.2) is 35.5 Å². The quantitative estimate of drug-likeness (QED) is 0.649. The number of pyridine rings is 2. The lowest BCUT2D eigenvalue weighted by Gasteiger charge is -2.06. The number of sulfone groups is 1. The zero-order valence-corrected chi connectivity index (χ0v) is 15.1. The minimum absolute atomic E-state index is 0.000367. The van der Waals surface area contributed by atoms with Gasteiger partial charge in [-0.1, -0.05) is 6.92 Å². The van der Waals surface area contributed by atoms with E-state index in [4.69, 9.17) is 0 Å². The second kappa shape index (κ2) is 6.04. The molecular weight excluding hydrogens is 369 g/mol. The molecule has 0 aliphatic carbocycles. The van der Waals surface area contributed by atoms with Crippen molar-refractivity contribution in [2.75, 3.05) is 5.75 Å². The Morgan fingerprint density at radius 2 is 2.00 bits per heavy atom. The molecule has 0 aliphatic rings. The lowest BCUT2D eigenvalue weighted by molar-refractivity contribution is -0.648. The fraction of sp³-hybridized carbons (Fsp3) is 0.312. The van der Waals surface area contributed by atoms with Crippen LogP contribution in [0.5, 0.6) is 0 Å². The van der Waals surface area contributed by atoms with Crippen LogP contribution in [0.1, 0.15) is 12.5 Å². The average molecular weight is 385 g/mol. The molecule has 0 saturated heterocycles. The van der Waals surface area contributed by atoms with Crippen molar-refractivity contribution in [3.05, 3.63) is 36.2 Å². The first kappa shape index (κ1) is 18.3. The van der Waals surface area contributed by atoms with E-state index in [1.807, 2.05) is 0 Å². The van der Waals surface area contributed by atoms with E-state index in [9.17, 15) is 21.6 Å². The van der Waals surface area contributed by atoms with Gasteiger partial charge in [0.15, 0.2) is 15.4 Å². The molecule has 0 unspecified atom stereocenters. The van der Waals surface area contributed by atoms with Gasteiger partial charge in [-0.3, -0.25) is 0 Å². The zero-order valence-electron chi connectivity index (χ0n) is 14.2. The van der Waals surface area contributed by atoms with Crippen molar-refractivity contribution in [1.82, 2.24) is 14.5 Å². The molecule has 0 aromatic carbocycles. The molecule has 10 heteroatoms. The Kier molecular flexibility index (Phi) is 4.26. The third kappa shape index (κ3) is 2.94. The number of nitrogens with zero attached hydrogens (tertiary/aromatic N) is 4. The van der Waals surface area contributed by atoms with Crippen LogP contribution in [-0.2, 0) is 30.1 Å². The molecule has 138 valence electrons. The van der Waals surface area contributed by atoms with E-state index in [0.717, 1.165) is 12.3 Å². The number of halogens is 3. The van der Waals surface area contributed by atoms with Crippen molar-refractivity contribution < 1.29 is 26.2 Å². The van der Waals surface area contributed by atoms with Gasteiger partial charge in [0.1, 0.15) is 11.9 Å². The number of hydrogen-bond acceptors (Lipinski definition) is 4. The van der Waals surface area contributed by atoms with Gasteiger partial charge in [0.25, 0.3) is 0 Å². The van der Waals surface area contributed by atoms with Crippen molar-refractivity contribution in [2.45, 2.75) is 18.0 Å². The Morgan fingerprint density at radius 3 is 2.62 bits per heavy atom. The van der Waals surface area contributed by atoms with Gasteiger partial charge in [-0.2, -0.15) is 18.2 Å². The first-order chi connectivity index (χ1) is 12.1. The standard InChI is InChI=1S/C16H16F3N4O2S/c1-4-26(24,25)12-6-5-7-20-13(12)14-21-11-8-10(16(17,18)19)9-22(2)15(11)23(14)3/h5-9H,4H2,1-3H3/q+1. The number of aromatic nitrogens is 4. The first-order valence-electron chi connectivity index (χ1n) is 7.67. The van der Waals surface area contributed by atoms with E-state index in [1.165, 1.54) is 41.4 Å². The van der Waals surface area contributed by atoms with E-state index in [0.29, 0.717) is 5.65 Å². The lowest BCUT2D eigenvalue weighted by Crippen LogP contribution is -2.32. The molecule has 6 nitrogen and oxygen atoms in total. The molecule has 3 rings (SSSR count). The molecule has 3 aromatic rings. The Bertz CT molecular complexity index is 1100. The van der Waals surface area contributed by atoms with Crippen LogP contribution in [0.2, 0.25) is 0 Å². The highest BCUT2D eigenvalue weighted by Gasteiger charge is 2.35. The highest BCUT2D eigenvalue weighted by Crippen LogP contribution is 2.31. The van der Waals surface area contributed by atoms with Crippen molar-refractivity contribution in [3.63, 3.8) is 0 Å². The predicted octanol–water partition coefficient (Wildman–Crippen LogP) is 2.27. The summed E-state index contributed by atoms with van der Waals surface area (Å²) < 4.78 is 66.7. The van der Waals surface area contributed by atoms with E-state index in [1.54, 1.807) is 7.05 Å². The number of rotatable bonds is 3. The SMILES string of the molecule is CCS(=O)(=O)c1cccnc1-c1nc2cc(C(F)(F)F)c[n+](C)c2n1C. The molecular formula is C16H16F3N4O2S+. The van der Waals surface area contributed by atoms with Crippen molar-refractivity contribution in [2.24, 2.45) is 14.1 Å². The normalized spacial score (nSPS) is 12.7. The van der Waals surface area contributed by atoms with Crippen LogP contribution in [0.25, 0.3) is 22.7 Å². The molecule has 0 fully saturated rings. The molecule has 26 heavy (non-hydrogen) atoms. The second-order valence-electron chi connectivity index (χ2n) is 5.79. The van der Waals surface area contributed by atoms with E-state index in [2.05, 4.69) is 9.97 Å². The molecule has 3 aromatic heterocycles. The minimum Gasteiger partial charge on any atom is -0.249 e. The first-order valence-corrected chi connectivity index (χ1v) is 9.33. The molecule has 0 amide bonds. The summed E-state index contributed by atoms with van der Waals surface area (Å²) >= 11 is 0. The molecule has 0 spiro atoms.